The number of nitrogens with zero attached hydrogens (tertiary/aromatic N) is 2. The Morgan fingerprint density at radius 3 is 2.21 bits per heavy atom. The number of para-hydroxylation sites is 1. The SMILES string of the molecule is CCN(C(=O)CC(C#N)c1c(C)cc(C)cc1C)c1ccccc1. The lowest BCUT2D eigenvalue weighted by molar-refractivity contribution is -0.118. The zero-order valence-corrected chi connectivity index (χ0v) is 14.8. The second kappa shape index (κ2) is 7.79. The van der Waals surface area contributed by atoms with E-state index in [2.05, 4.69) is 18.2 Å². The standard InChI is InChI=1S/C21H24N2O/c1-5-23(19-9-7-6-8-10-19)20(24)13-18(14-22)21-16(3)11-15(2)12-17(21)4/h6-12,18H,5,13H2,1-4H3. The highest BCUT2D eigenvalue weighted by molar-refractivity contribution is 5.94. The number of aryl methyl sites for hydroxylation is 3. The van der Waals surface area contributed by atoms with Gasteiger partial charge in [-0.1, -0.05) is 35.9 Å². The van der Waals surface area contributed by atoms with Crippen molar-refractivity contribution in [2.45, 2.75) is 40.0 Å². The molecule has 0 saturated heterocycles. The van der Waals surface area contributed by atoms with Crippen LogP contribution in [-0.2, 0) is 4.79 Å². The first-order valence-electron chi connectivity index (χ1n) is 8.30. The van der Waals surface area contributed by atoms with Gasteiger partial charge in [0.2, 0.25) is 5.91 Å². The molecule has 2 aromatic carbocycles. The average Bonchev–Trinajstić information content (AvgIpc) is 2.54. The van der Waals surface area contributed by atoms with E-state index in [0.717, 1.165) is 22.4 Å². The average molecular weight is 320 g/mol. The van der Waals surface area contributed by atoms with Crippen LogP contribution in [0, 0.1) is 32.1 Å². The summed E-state index contributed by atoms with van der Waals surface area (Å²) >= 11 is 0. The number of carbonyl (C=O) groups excluding carboxylic acids is 1. The Morgan fingerprint density at radius 1 is 1.12 bits per heavy atom. The maximum atomic E-state index is 12.8. The van der Waals surface area contributed by atoms with Crippen LogP contribution >= 0.6 is 0 Å². The van der Waals surface area contributed by atoms with Crippen LogP contribution in [0.25, 0.3) is 0 Å². The molecule has 0 spiro atoms. The lowest BCUT2D eigenvalue weighted by Gasteiger charge is -2.23. The number of rotatable bonds is 5. The fraction of sp³-hybridized carbons (Fsp3) is 0.333. The fourth-order valence-corrected chi connectivity index (χ4v) is 3.35. The predicted octanol–water partition coefficient (Wildman–Crippen LogP) is 4.66. The van der Waals surface area contributed by atoms with Crippen LogP contribution in [0.5, 0.6) is 0 Å². The van der Waals surface area contributed by atoms with Crippen molar-refractivity contribution < 1.29 is 4.79 Å². The van der Waals surface area contributed by atoms with Gasteiger partial charge in [0, 0.05) is 18.7 Å². The second-order valence-electron chi connectivity index (χ2n) is 6.17. The topological polar surface area (TPSA) is 44.1 Å². The number of hydrogen-bond acceptors (Lipinski definition) is 2. The minimum atomic E-state index is -0.420. The molecule has 0 aliphatic heterocycles. The van der Waals surface area contributed by atoms with Gasteiger partial charge < -0.3 is 4.90 Å². The molecular formula is C21H24N2O. The molecule has 0 heterocycles. The summed E-state index contributed by atoms with van der Waals surface area (Å²) in [5.74, 6) is -0.439. The molecule has 0 fully saturated rings. The third-order valence-corrected chi connectivity index (χ3v) is 4.31. The molecule has 1 atom stereocenters. The zero-order chi connectivity index (χ0) is 17.7. The molecule has 24 heavy (non-hydrogen) atoms. The monoisotopic (exact) mass is 320 g/mol. The van der Waals surface area contributed by atoms with Gasteiger partial charge in [0.05, 0.1) is 12.0 Å². The maximum absolute atomic E-state index is 12.8. The van der Waals surface area contributed by atoms with Crippen molar-refractivity contribution in [1.29, 1.82) is 5.26 Å². The third kappa shape index (κ3) is 3.83. The fourth-order valence-electron chi connectivity index (χ4n) is 3.35. The van der Waals surface area contributed by atoms with Gasteiger partial charge in [0.15, 0.2) is 0 Å². The van der Waals surface area contributed by atoms with Gasteiger partial charge in [0.25, 0.3) is 0 Å². The molecule has 3 nitrogen and oxygen atoms in total. The number of amides is 1. The molecule has 2 rings (SSSR count). The van der Waals surface area contributed by atoms with Gasteiger partial charge >= 0.3 is 0 Å². The molecule has 1 amide bonds. The van der Waals surface area contributed by atoms with Crippen molar-refractivity contribution in [3.8, 4) is 6.07 Å². The number of hydrogen-bond donors (Lipinski definition) is 0. The predicted molar refractivity (Wildman–Crippen MR) is 98.1 cm³/mol. The van der Waals surface area contributed by atoms with E-state index >= 15 is 0 Å². The highest BCUT2D eigenvalue weighted by Crippen LogP contribution is 2.28. The number of benzene rings is 2. The van der Waals surface area contributed by atoms with Crippen molar-refractivity contribution in [3.05, 3.63) is 64.7 Å². The van der Waals surface area contributed by atoms with Crippen molar-refractivity contribution in [2.24, 2.45) is 0 Å². The Bertz CT molecular complexity index is 736. The van der Waals surface area contributed by atoms with Crippen LogP contribution < -0.4 is 4.90 Å². The summed E-state index contributed by atoms with van der Waals surface area (Å²) in [7, 11) is 0. The van der Waals surface area contributed by atoms with Crippen LogP contribution in [0.3, 0.4) is 0 Å². The van der Waals surface area contributed by atoms with Gasteiger partial charge in [-0.25, -0.2) is 0 Å². The van der Waals surface area contributed by atoms with E-state index in [-0.39, 0.29) is 12.3 Å². The van der Waals surface area contributed by atoms with Gasteiger partial charge in [0.1, 0.15) is 0 Å². The van der Waals surface area contributed by atoms with Gasteiger partial charge in [-0.15, -0.1) is 0 Å². The van der Waals surface area contributed by atoms with E-state index in [1.807, 2.05) is 58.0 Å². The molecule has 2 aromatic rings. The molecule has 0 N–H and O–H groups in total. The molecule has 0 aromatic heterocycles. The van der Waals surface area contributed by atoms with E-state index in [9.17, 15) is 10.1 Å². The molecule has 0 aliphatic rings. The van der Waals surface area contributed by atoms with E-state index in [1.165, 1.54) is 5.56 Å². The van der Waals surface area contributed by atoms with Gasteiger partial charge in [-0.3, -0.25) is 4.79 Å². The Morgan fingerprint density at radius 2 is 1.71 bits per heavy atom. The molecule has 0 saturated carbocycles. The number of nitriles is 1. The first-order valence-corrected chi connectivity index (χ1v) is 8.30. The Kier molecular flexibility index (Phi) is 5.76. The number of carbonyl (C=O) groups is 1. The summed E-state index contributed by atoms with van der Waals surface area (Å²) in [6.07, 6.45) is 0.198. The number of anilines is 1. The largest absolute Gasteiger partial charge is 0.313 e. The first kappa shape index (κ1) is 17.7. The Hall–Kier alpha value is -2.60. The molecule has 3 heteroatoms. The molecule has 124 valence electrons. The highest BCUT2D eigenvalue weighted by atomic mass is 16.2. The normalized spacial score (nSPS) is 11.6. The quantitative estimate of drug-likeness (QED) is 0.804. The summed E-state index contributed by atoms with van der Waals surface area (Å²) in [6.45, 7) is 8.61. The summed E-state index contributed by atoms with van der Waals surface area (Å²) in [6, 6.07) is 16.1. The van der Waals surface area contributed by atoms with Crippen LogP contribution in [-0.4, -0.2) is 12.5 Å². The van der Waals surface area contributed by atoms with Crippen molar-refractivity contribution in [3.63, 3.8) is 0 Å². The Labute approximate surface area is 144 Å². The summed E-state index contributed by atoms with van der Waals surface area (Å²) in [4.78, 5) is 14.5. The maximum Gasteiger partial charge on any atom is 0.228 e. The smallest absolute Gasteiger partial charge is 0.228 e. The minimum absolute atomic E-state index is 0.0189. The molecule has 0 bridgehead atoms. The summed E-state index contributed by atoms with van der Waals surface area (Å²) in [5, 5.41) is 9.65. The van der Waals surface area contributed by atoms with Crippen molar-refractivity contribution in [2.75, 3.05) is 11.4 Å². The molecule has 0 radical (unpaired) electrons. The van der Waals surface area contributed by atoms with Crippen LogP contribution in [0.2, 0.25) is 0 Å². The molecule has 1 unspecified atom stereocenters. The van der Waals surface area contributed by atoms with E-state index in [1.54, 1.807) is 4.90 Å². The van der Waals surface area contributed by atoms with E-state index in [4.69, 9.17) is 0 Å². The van der Waals surface area contributed by atoms with Crippen LogP contribution in [0.1, 0.15) is 41.5 Å². The lowest BCUT2D eigenvalue weighted by Crippen LogP contribution is -2.31. The summed E-state index contributed by atoms with van der Waals surface area (Å²) in [5.41, 5.74) is 5.19. The van der Waals surface area contributed by atoms with Crippen LogP contribution in [0.4, 0.5) is 5.69 Å². The van der Waals surface area contributed by atoms with Gasteiger partial charge in [-0.2, -0.15) is 5.26 Å². The minimum Gasteiger partial charge on any atom is -0.313 e. The first-order chi connectivity index (χ1) is 11.5. The molecular weight excluding hydrogens is 296 g/mol. The second-order valence-corrected chi connectivity index (χ2v) is 6.17. The zero-order valence-electron chi connectivity index (χ0n) is 14.8. The third-order valence-electron chi connectivity index (χ3n) is 4.31. The van der Waals surface area contributed by atoms with E-state index in [0.29, 0.717) is 6.54 Å². The summed E-state index contributed by atoms with van der Waals surface area (Å²) < 4.78 is 0. The van der Waals surface area contributed by atoms with Gasteiger partial charge in [-0.05, 0) is 56.5 Å². The van der Waals surface area contributed by atoms with Crippen molar-refractivity contribution >= 4 is 11.6 Å². The highest BCUT2D eigenvalue weighted by Gasteiger charge is 2.23. The lowest BCUT2D eigenvalue weighted by atomic mass is 9.88. The Balaban J connectivity index is 2.28. The van der Waals surface area contributed by atoms with Crippen molar-refractivity contribution in [1.82, 2.24) is 0 Å². The van der Waals surface area contributed by atoms with Crippen LogP contribution in [0.15, 0.2) is 42.5 Å². The molecule has 0 aliphatic carbocycles. The van der Waals surface area contributed by atoms with E-state index < -0.39 is 5.92 Å².